The molecule has 1 fully saturated rings. The Morgan fingerprint density at radius 2 is 2.03 bits per heavy atom. The van der Waals surface area contributed by atoms with Crippen molar-refractivity contribution in [3.63, 3.8) is 0 Å². The molecular formula is C20H24N4O5S2. The number of nitrogens with zero attached hydrogens (tertiary/aromatic N) is 2. The number of morpholine rings is 1. The van der Waals surface area contributed by atoms with Crippen molar-refractivity contribution in [3.8, 4) is 5.75 Å². The molecule has 31 heavy (non-hydrogen) atoms. The predicted octanol–water partition coefficient (Wildman–Crippen LogP) is 1.89. The van der Waals surface area contributed by atoms with Gasteiger partial charge in [-0.05, 0) is 25.1 Å². The van der Waals surface area contributed by atoms with E-state index in [1.54, 1.807) is 30.7 Å². The molecule has 3 rings (SSSR count). The van der Waals surface area contributed by atoms with Crippen molar-refractivity contribution in [2.45, 2.75) is 12.7 Å². The second kappa shape index (κ2) is 11.1. The third-order valence-corrected chi connectivity index (χ3v) is 6.38. The van der Waals surface area contributed by atoms with Gasteiger partial charge in [0.25, 0.3) is 5.91 Å². The molecule has 0 spiro atoms. The summed E-state index contributed by atoms with van der Waals surface area (Å²) in [6.45, 7) is 4.26. The van der Waals surface area contributed by atoms with Crippen molar-refractivity contribution in [2.24, 2.45) is 0 Å². The molecule has 1 saturated heterocycles. The molecule has 11 heteroatoms. The Hall–Kier alpha value is -2.63. The van der Waals surface area contributed by atoms with E-state index < -0.39 is 5.91 Å². The van der Waals surface area contributed by atoms with Gasteiger partial charge in [0.05, 0.1) is 26.1 Å². The van der Waals surface area contributed by atoms with E-state index in [-0.39, 0.29) is 23.1 Å². The number of anilines is 1. The third kappa shape index (κ3) is 6.42. The summed E-state index contributed by atoms with van der Waals surface area (Å²) in [5.41, 5.74) is 6.46. The first-order valence-electron chi connectivity index (χ1n) is 9.61. The molecule has 2 N–H and O–H groups in total. The summed E-state index contributed by atoms with van der Waals surface area (Å²) in [4.78, 5) is 42.3. The fraction of sp³-hybridized carbons (Fsp3) is 0.400. The molecule has 166 valence electrons. The van der Waals surface area contributed by atoms with Crippen LogP contribution in [0.5, 0.6) is 5.75 Å². The number of carbonyl (C=O) groups excluding carboxylic acids is 3. The highest BCUT2D eigenvalue weighted by atomic mass is 32.2. The Morgan fingerprint density at radius 1 is 1.26 bits per heavy atom. The van der Waals surface area contributed by atoms with Crippen molar-refractivity contribution < 1.29 is 23.9 Å². The highest BCUT2D eigenvalue weighted by Gasteiger charge is 2.18. The molecule has 0 unspecified atom stereocenters. The summed E-state index contributed by atoms with van der Waals surface area (Å²) in [6.07, 6.45) is 0. The van der Waals surface area contributed by atoms with Gasteiger partial charge in [-0.15, -0.1) is 23.1 Å². The average molecular weight is 465 g/mol. The van der Waals surface area contributed by atoms with Gasteiger partial charge in [-0.3, -0.25) is 25.2 Å². The average Bonchev–Trinajstić information content (AvgIpc) is 3.28. The maximum Gasteiger partial charge on any atom is 0.289 e. The van der Waals surface area contributed by atoms with Crippen LogP contribution in [0.15, 0.2) is 23.6 Å². The van der Waals surface area contributed by atoms with Crippen molar-refractivity contribution in [2.75, 3.05) is 44.1 Å². The Bertz CT molecular complexity index is 943. The second-order valence-corrected chi connectivity index (χ2v) is 8.51. The molecule has 2 amide bonds. The standard InChI is InChI=1S/C20H24N4O5S2/c1-13(25)14-3-4-17(28-2)15(9-14)10-30-12-18(26)22-23-19(27)16-11-31-20(21-16)24-5-7-29-8-6-24/h3-4,9,11H,5-8,10,12H2,1-2H3,(H,22,26)(H,23,27). The molecule has 1 aromatic heterocycles. The third-order valence-electron chi connectivity index (χ3n) is 4.50. The van der Waals surface area contributed by atoms with Crippen LogP contribution in [0, 0.1) is 0 Å². The number of thioether (sulfide) groups is 1. The quantitative estimate of drug-likeness (QED) is 0.450. The number of hydrogen-bond acceptors (Lipinski definition) is 9. The topological polar surface area (TPSA) is 110 Å². The summed E-state index contributed by atoms with van der Waals surface area (Å²) in [5, 5.41) is 2.42. The number of benzene rings is 1. The molecule has 1 aromatic carbocycles. The van der Waals surface area contributed by atoms with E-state index >= 15 is 0 Å². The Balaban J connectivity index is 1.44. The predicted molar refractivity (Wildman–Crippen MR) is 120 cm³/mol. The first-order chi connectivity index (χ1) is 15.0. The number of thiazole rings is 1. The molecule has 0 bridgehead atoms. The molecule has 1 aliphatic heterocycles. The van der Waals surface area contributed by atoms with Gasteiger partial charge < -0.3 is 14.4 Å². The smallest absolute Gasteiger partial charge is 0.289 e. The van der Waals surface area contributed by atoms with Gasteiger partial charge >= 0.3 is 0 Å². The van der Waals surface area contributed by atoms with Crippen LogP contribution >= 0.6 is 23.1 Å². The van der Waals surface area contributed by atoms with Crippen LogP contribution in [-0.2, 0) is 15.3 Å². The van der Waals surface area contributed by atoms with Crippen LogP contribution in [0.4, 0.5) is 5.13 Å². The molecule has 9 nitrogen and oxygen atoms in total. The fourth-order valence-electron chi connectivity index (χ4n) is 2.86. The van der Waals surface area contributed by atoms with Crippen molar-refractivity contribution in [1.82, 2.24) is 15.8 Å². The van der Waals surface area contributed by atoms with Crippen LogP contribution in [-0.4, -0.2) is 61.7 Å². The lowest BCUT2D eigenvalue weighted by atomic mass is 10.1. The number of Topliss-reactive ketones (excluding diaryl/α,β-unsaturated/α-hetero) is 1. The maximum atomic E-state index is 12.2. The first kappa shape index (κ1) is 23.0. The molecule has 1 aliphatic rings. The van der Waals surface area contributed by atoms with Crippen LogP contribution in [0.25, 0.3) is 0 Å². The van der Waals surface area contributed by atoms with E-state index in [0.29, 0.717) is 30.3 Å². The highest BCUT2D eigenvalue weighted by molar-refractivity contribution is 7.99. The zero-order valence-corrected chi connectivity index (χ0v) is 18.9. The van der Waals surface area contributed by atoms with Gasteiger partial charge in [-0.2, -0.15) is 0 Å². The van der Waals surface area contributed by atoms with Crippen molar-refractivity contribution in [1.29, 1.82) is 0 Å². The van der Waals surface area contributed by atoms with Crippen molar-refractivity contribution in [3.05, 3.63) is 40.4 Å². The minimum absolute atomic E-state index is 0.0341. The fourth-order valence-corrected chi connectivity index (χ4v) is 4.52. The van der Waals surface area contributed by atoms with E-state index in [0.717, 1.165) is 23.8 Å². The number of aromatic nitrogens is 1. The molecule has 0 radical (unpaired) electrons. The van der Waals surface area contributed by atoms with Crippen molar-refractivity contribution >= 4 is 45.8 Å². The molecule has 0 atom stereocenters. The zero-order chi connectivity index (χ0) is 22.2. The number of ketones is 1. The van der Waals surface area contributed by atoms with Gasteiger partial charge in [0.1, 0.15) is 11.4 Å². The summed E-state index contributed by atoms with van der Waals surface area (Å²) in [7, 11) is 1.56. The molecule has 0 saturated carbocycles. The number of nitrogens with one attached hydrogen (secondary N) is 2. The summed E-state index contributed by atoms with van der Waals surface area (Å²) >= 11 is 2.73. The van der Waals surface area contributed by atoms with Gasteiger partial charge in [-0.25, -0.2) is 4.98 Å². The molecule has 0 aliphatic carbocycles. The largest absolute Gasteiger partial charge is 0.496 e. The van der Waals surface area contributed by atoms with Gasteiger partial charge in [0.2, 0.25) is 5.91 Å². The lowest BCUT2D eigenvalue weighted by Gasteiger charge is -2.25. The number of ether oxygens (including phenoxy) is 2. The lowest BCUT2D eigenvalue weighted by molar-refractivity contribution is -0.119. The SMILES string of the molecule is COc1ccc(C(C)=O)cc1CSCC(=O)NNC(=O)c1csc(N2CCOCC2)n1. The van der Waals surface area contributed by atoms with E-state index in [1.165, 1.54) is 30.0 Å². The monoisotopic (exact) mass is 464 g/mol. The number of carbonyl (C=O) groups is 3. The lowest BCUT2D eigenvalue weighted by Crippen LogP contribution is -2.42. The van der Waals surface area contributed by atoms with Gasteiger partial charge in [0, 0.05) is 35.3 Å². The molecule has 2 aromatic rings. The van der Waals surface area contributed by atoms with Crippen LogP contribution in [0.1, 0.15) is 33.3 Å². The van der Waals surface area contributed by atoms with E-state index in [4.69, 9.17) is 9.47 Å². The number of amides is 2. The Labute approximate surface area is 188 Å². The zero-order valence-electron chi connectivity index (χ0n) is 17.3. The van der Waals surface area contributed by atoms with Crippen LogP contribution in [0.3, 0.4) is 0 Å². The summed E-state index contributed by atoms with van der Waals surface area (Å²) in [5.74, 6) is 0.428. The summed E-state index contributed by atoms with van der Waals surface area (Å²) < 4.78 is 10.6. The van der Waals surface area contributed by atoms with E-state index in [2.05, 4.69) is 20.7 Å². The van der Waals surface area contributed by atoms with Gasteiger partial charge in [-0.1, -0.05) is 0 Å². The second-order valence-electron chi connectivity index (χ2n) is 6.69. The summed E-state index contributed by atoms with van der Waals surface area (Å²) in [6, 6.07) is 5.22. The number of rotatable bonds is 8. The number of hydrogen-bond donors (Lipinski definition) is 2. The number of methoxy groups -OCH3 is 1. The minimum Gasteiger partial charge on any atom is -0.496 e. The molecule has 2 heterocycles. The Kier molecular flexibility index (Phi) is 8.27. The van der Waals surface area contributed by atoms with Crippen LogP contribution < -0.4 is 20.5 Å². The normalized spacial score (nSPS) is 13.5. The maximum absolute atomic E-state index is 12.2. The minimum atomic E-state index is -0.468. The first-order valence-corrected chi connectivity index (χ1v) is 11.6. The molecular weight excluding hydrogens is 440 g/mol. The highest BCUT2D eigenvalue weighted by Crippen LogP contribution is 2.25. The van der Waals surface area contributed by atoms with Crippen LogP contribution in [0.2, 0.25) is 0 Å². The van der Waals surface area contributed by atoms with E-state index in [1.807, 2.05) is 0 Å². The Morgan fingerprint density at radius 3 is 2.74 bits per heavy atom. The van der Waals surface area contributed by atoms with E-state index in [9.17, 15) is 14.4 Å². The van der Waals surface area contributed by atoms with Gasteiger partial charge in [0.15, 0.2) is 10.9 Å². The number of hydrazine groups is 1.